The second-order valence-corrected chi connectivity index (χ2v) is 5.33. The maximum atomic E-state index is 14.0. The first-order valence-corrected chi connectivity index (χ1v) is 6.99. The largest absolute Gasteiger partial charge is 0.396 e. The van der Waals surface area contributed by atoms with Gasteiger partial charge in [0.1, 0.15) is 5.82 Å². The molecule has 0 atom stereocenters. The summed E-state index contributed by atoms with van der Waals surface area (Å²) >= 11 is 0. The molecule has 2 heterocycles. The number of nitrogens with zero attached hydrogens (tertiary/aromatic N) is 2. The maximum absolute atomic E-state index is 14.0. The molecule has 2 aromatic rings. The second kappa shape index (κ2) is 5.81. The van der Waals surface area contributed by atoms with Gasteiger partial charge in [-0.2, -0.15) is 5.10 Å². The molecule has 1 aromatic carbocycles. The fourth-order valence-electron chi connectivity index (χ4n) is 2.62. The van der Waals surface area contributed by atoms with Gasteiger partial charge in [0, 0.05) is 31.5 Å². The summed E-state index contributed by atoms with van der Waals surface area (Å²) < 4.78 is 34.9. The summed E-state index contributed by atoms with van der Waals surface area (Å²) in [6.07, 6.45) is 5.10. The van der Waals surface area contributed by atoms with Crippen LogP contribution in [0.4, 0.5) is 14.5 Å². The number of rotatable bonds is 3. The van der Waals surface area contributed by atoms with Crippen LogP contribution in [-0.2, 0) is 11.3 Å². The first-order chi connectivity index (χ1) is 10.1. The molecule has 1 aliphatic heterocycles. The highest BCUT2D eigenvalue weighted by atomic mass is 19.1. The van der Waals surface area contributed by atoms with Crippen LogP contribution in [0.1, 0.15) is 12.8 Å². The Labute approximate surface area is 121 Å². The van der Waals surface area contributed by atoms with E-state index in [9.17, 15) is 8.78 Å². The lowest BCUT2D eigenvalue weighted by Crippen LogP contribution is -2.20. The van der Waals surface area contributed by atoms with E-state index in [0.29, 0.717) is 11.5 Å². The predicted molar refractivity (Wildman–Crippen MR) is 75.5 cm³/mol. The Morgan fingerprint density at radius 2 is 2.05 bits per heavy atom. The lowest BCUT2D eigenvalue weighted by molar-refractivity contribution is 0.0601. The van der Waals surface area contributed by atoms with Gasteiger partial charge in [0.2, 0.25) is 0 Å². The van der Waals surface area contributed by atoms with Gasteiger partial charge in [-0.1, -0.05) is 0 Å². The molecule has 2 N–H and O–H groups in total. The number of hydrogen-bond donors (Lipinski definition) is 1. The first kappa shape index (κ1) is 14.0. The molecule has 0 bridgehead atoms. The Balaban J connectivity index is 1.83. The molecule has 4 nitrogen and oxygen atoms in total. The van der Waals surface area contributed by atoms with E-state index < -0.39 is 11.6 Å². The van der Waals surface area contributed by atoms with Gasteiger partial charge in [-0.05, 0) is 30.9 Å². The quantitative estimate of drug-likeness (QED) is 0.885. The summed E-state index contributed by atoms with van der Waals surface area (Å²) in [4.78, 5) is 0. The number of anilines is 1. The van der Waals surface area contributed by atoms with Crippen molar-refractivity contribution in [2.75, 3.05) is 18.9 Å². The maximum Gasteiger partial charge on any atom is 0.156 e. The summed E-state index contributed by atoms with van der Waals surface area (Å²) in [6, 6.07) is 2.39. The van der Waals surface area contributed by atoms with Gasteiger partial charge in [0.25, 0.3) is 0 Å². The van der Waals surface area contributed by atoms with Crippen LogP contribution in [0.3, 0.4) is 0 Å². The van der Waals surface area contributed by atoms with Crippen LogP contribution >= 0.6 is 0 Å². The predicted octanol–water partition coefficient (Wildman–Crippen LogP) is 2.84. The van der Waals surface area contributed by atoms with Crippen molar-refractivity contribution in [1.29, 1.82) is 0 Å². The van der Waals surface area contributed by atoms with Gasteiger partial charge in [0.05, 0.1) is 17.4 Å². The minimum atomic E-state index is -0.736. The number of benzene rings is 1. The minimum absolute atomic E-state index is 0.0661. The molecule has 112 valence electrons. The minimum Gasteiger partial charge on any atom is -0.396 e. The zero-order valence-corrected chi connectivity index (χ0v) is 11.6. The van der Waals surface area contributed by atoms with Crippen molar-refractivity contribution in [3.05, 3.63) is 36.2 Å². The molecule has 1 aliphatic rings. The molecule has 0 spiro atoms. The summed E-state index contributed by atoms with van der Waals surface area (Å²) in [7, 11) is 0. The van der Waals surface area contributed by atoms with Crippen molar-refractivity contribution in [3.63, 3.8) is 0 Å². The Bertz CT molecular complexity index is 636. The average molecular weight is 293 g/mol. The van der Waals surface area contributed by atoms with Crippen LogP contribution in [0.5, 0.6) is 0 Å². The van der Waals surface area contributed by atoms with Crippen LogP contribution in [0.15, 0.2) is 24.5 Å². The monoisotopic (exact) mass is 293 g/mol. The van der Waals surface area contributed by atoms with Gasteiger partial charge in [-0.3, -0.25) is 4.68 Å². The van der Waals surface area contributed by atoms with Gasteiger partial charge >= 0.3 is 0 Å². The van der Waals surface area contributed by atoms with E-state index in [2.05, 4.69) is 5.10 Å². The van der Waals surface area contributed by atoms with Gasteiger partial charge in [-0.15, -0.1) is 0 Å². The molecular weight excluding hydrogens is 276 g/mol. The Hall–Kier alpha value is -1.95. The lowest BCUT2D eigenvalue weighted by Gasteiger charge is -2.21. The molecule has 3 rings (SSSR count). The fourth-order valence-corrected chi connectivity index (χ4v) is 2.62. The summed E-state index contributed by atoms with van der Waals surface area (Å²) in [6.45, 7) is 2.25. The van der Waals surface area contributed by atoms with Crippen molar-refractivity contribution in [1.82, 2.24) is 9.78 Å². The second-order valence-electron chi connectivity index (χ2n) is 5.33. The van der Waals surface area contributed by atoms with Crippen molar-refractivity contribution in [2.45, 2.75) is 19.4 Å². The van der Waals surface area contributed by atoms with Crippen LogP contribution < -0.4 is 5.73 Å². The number of ether oxygens (including phenoxy) is 1. The molecular formula is C15H17F2N3O. The van der Waals surface area contributed by atoms with Crippen LogP contribution in [-0.4, -0.2) is 23.0 Å². The number of hydrogen-bond acceptors (Lipinski definition) is 3. The third kappa shape index (κ3) is 2.90. The van der Waals surface area contributed by atoms with E-state index in [1.165, 1.54) is 18.3 Å². The molecule has 1 fully saturated rings. The van der Waals surface area contributed by atoms with Gasteiger partial charge in [-0.25, -0.2) is 8.78 Å². The number of nitrogen functional groups attached to an aromatic ring is 1. The molecule has 0 amide bonds. The Kier molecular flexibility index (Phi) is 3.88. The molecule has 6 heteroatoms. The van der Waals surface area contributed by atoms with Crippen LogP contribution in [0, 0.1) is 17.6 Å². The lowest BCUT2D eigenvalue weighted by atomic mass is 10.0. The zero-order chi connectivity index (χ0) is 14.8. The summed E-state index contributed by atoms with van der Waals surface area (Å²) in [5.41, 5.74) is 5.72. The third-order valence-electron chi connectivity index (χ3n) is 3.83. The van der Waals surface area contributed by atoms with Crippen LogP contribution in [0.2, 0.25) is 0 Å². The standard InChI is InChI=1S/C15H17F2N3O/c16-12-1-2-13(18)15(17)14(12)11-7-19-20(9-11)8-10-3-5-21-6-4-10/h1-2,7,9-10H,3-6,8,18H2. The molecule has 0 saturated carbocycles. The highest BCUT2D eigenvalue weighted by Gasteiger charge is 2.18. The smallest absolute Gasteiger partial charge is 0.156 e. The van der Waals surface area contributed by atoms with E-state index >= 15 is 0 Å². The number of halogens is 2. The summed E-state index contributed by atoms with van der Waals surface area (Å²) in [5, 5.41) is 4.20. The highest BCUT2D eigenvalue weighted by molar-refractivity contribution is 5.68. The van der Waals surface area contributed by atoms with Crippen molar-refractivity contribution < 1.29 is 13.5 Å². The SMILES string of the molecule is Nc1ccc(F)c(-c2cnn(CC3CCOCC3)c2)c1F. The molecule has 0 unspecified atom stereocenters. The molecule has 21 heavy (non-hydrogen) atoms. The van der Waals surface area contributed by atoms with Crippen molar-refractivity contribution in [3.8, 4) is 11.1 Å². The first-order valence-electron chi connectivity index (χ1n) is 6.99. The van der Waals surface area contributed by atoms with E-state index in [1.54, 1.807) is 10.9 Å². The third-order valence-corrected chi connectivity index (χ3v) is 3.83. The van der Waals surface area contributed by atoms with E-state index in [0.717, 1.165) is 32.6 Å². The van der Waals surface area contributed by atoms with Crippen molar-refractivity contribution >= 4 is 5.69 Å². The zero-order valence-electron chi connectivity index (χ0n) is 11.6. The number of nitrogens with two attached hydrogens (primary N) is 1. The molecule has 0 aliphatic carbocycles. The normalized spacial score (nSPS) is 16.3. The topological polar surface area (TPSA) is 53.1 Å². The highest BCUT2D eigenvalue weighted by Crippen LogP contribution is 2.29. The van der Waals surface area contributed by atoms with Crippen LogP contribution in [0.25, 0.3) is 11.1 Å². The molecule has 1 saturated heterocycles. The van der Waals surface area contributed by atoms with E-state index in [1.807, 2.05) is 0 Å². The fraction of sp³-hybridized carbons (Fsp3) is 0.400. The van der Waals surface area contributed by atoms with Crippen molar-refractivity contribution in [2.24, 2.45) is 5.92 Å². The molecule has 0 radical (unpaired) electrons. The molecule has 1 aromatic heterocycles. The van der Waals surface area contributed by atoms with E-state index in [-0.39, 0.29) is 11.3 Å². The Morgan fingerprint density at radius 3 is 2.81 bits per heavy atom. The van der Waals surface area contributed by atoms with Gasteiger partial charge in [0.15, 0.2) is 5.82 Å². The van der Waals surface area contributed by atoms with Gasteiger partial charge < -0.3 is 10.5 Å². The Morgan fingerprint density at radius 1 is 1.29 bits per heavy atom. The van der Waals surface area contributed by atoms with E-state index in [4.69, 9.17) is 10.5 Å². The number of aromatic nitrogens is 2. The summed E-state index contributed by atoms with van der Waals surface area (Å²) in [5.74, 6) is -0.880. The average Bonchev–Trinajstić information content (AvgIpc) is 2.93.